The Hall–Kier alpha value is -3.62. The first kappa shape index (κ1) is 24.7. The number of hydrogen-bond acceptors (Lipinski definition) is 7. The molecule has 9 nitrogen and oxygen atoms in total. The van der Waals surface area contributed by atoms with Crippen molar-refractivity contribution in [2.45, 2.75) is 43.5 Å². The van der Waals surface area contributed by atoms with Crippen LogP contribution in [0.2, 0.25) is 5.02 Å². The van der Waals surface area contributed by atoms with Crippen molar-refractivity contribution in [1.82, 2.24) is 19.4 Å². The molecule has 38 heavy (non-hydrogen) atoms. The van der Waals surface area contributed by atoms with E-state index in [0.717, 1.165) is 18.7 Å². The van der Waals surface area contributed by atoms with Gasteiger partial charge in [0.2, 0.25) is 0 Å². The summed E-state index contributed by atoms with van der Waals surface area (Å²) in [7, 11) is 1.36. The number of fused-ring (bicyclic) bond motifs is 2. The van der Waals surface area contributed by atoms with Gasteiger partial charge < -0.3 is 14.2 Å². The summed E-state index contributed by atoms with van der Waals surface area (Å²) in [5, 5.41) is 8.75. The maximum Gasteiger partial charge on any atom is 0.332 e. The quantitative estimate of drug-likeness (QED) is 0.420. The lowest BCUT2D eigenvalue weighted by Crippen LogP contribution is -2.62. The molecule has 3 aliphatic rings. The Balaban J connectivity index is 1.45. The smallest absolute Gasteiger partial charge is 0.332 e. The summed E-state index contributed by atoms with van der Waals surface area (Å²) in [5.74, 6) is -0.178. The summed E-state index contributed by atoms with van der Waals surface area (Å²) >= 11 is 7.63. The van der Waals surface area contributed by atoms with Crippen LogP contribution in [0.25, 0.3) is 15.9 Å². The van der Waals surface area contributed by atoms with Gasteiger partial charge in [-0.15, -0.1) is 11.8 Å². The Kier molecular flexibility index (Phi) is 6.04. The molecule has 0 spiro atoms. The lowest BCUT2D eigenvalue weighted by atomic mass is 10.0. The number of methoxy groups -OCH3 is 1. The van der Waals surface area contributed by atoms with E-state index in [0.29, 0.717) is 27.2 Å². The lowest BCUT2D eigenvalue weighted by Gasteiger charge is -2.41. The summed E-state index contributed by atoms with van der Waals surface area (Å²) in [6, 6.07) is 3.88. The van der Waals surface area contributed by atoms with Crippen LogP contribution in [-0.4, -0.2) is 56.3 Å². The lowest BCUT2D eigenvalue weighted by molar-refractivity contribution is -0.119. The summed E-state index contributed by atoms with van der Waals surface area (Å²) in [6.07, 6.45) is 7.04. The largest absolute Gasteiger partial charge is 0.494 e. The number of thioether (sulfide) groups is 1. The minimum Gasteiger partial charge on any atom is -0.494 e. The van der Waals surface area contributed by atoms with E-state index in [1.54, 1.807) is 12.3 Å². The molecule has 0 N–H and O–H groups in total. The van der Waals surface area contributed by atoms with E-state index in [2.05, 4.69) is 20.6 Å². The number of imide groups is 1. The van der Waals surface area contributed by atoms with Crippen LogP contribution in [0.1, 0.15) is 36.7 Å². The summed E-state index contributed by atoms with van der Waals surface area (Å²) in [5.41, 5.74) is 2.19. The third kappa shape index (κ3) is 3.82. The highest BCUT2D eigenvalue weighted by Gasteiger charge is 2.50. The van der Waals surface area contributed by atoms with Gasteiger partial charge in [0.15, 0.2) is 11.6 Å². The Morgan fingerprint density at radius 2 is 2.08 bits per heavy atom. The number of carbonyl (C=O) groups excluding carboxylic acids is 2. The van der Waals surface area contributed by atoms with Crippen LogP contribution in [0, 0.1) is 24.1 Å². The molecule has 3 aromatic rings. The van der Waals surface area contributed by atoms with Gasteiger partial charge in [-0.05, 0) is 38.0 Å². The Morgan fingerprint density at radius 3 is 2.79 bits per heavy atom. The highest BCUT2D eigenvalue weighted by molar-refractivity contribution is 8.09. The number of amides is 3. The number of nitrogens with zero attached hydrogens (tertiary/aromatic N) is 6. The van der Waals surface area contributed by atoms with Crippen molar-refractivity contribution in [3.05, 3.63) is 52.8 Å². The second-order valence-corrected chi connectivity index (χ2v) is 11.0. The number of anilines is 1. The first-order valence-corrected chi connectivity index (χ1v) is 13.4. The zero-order chi connectivity index (χ0) is 26.7. The monoisotopic (exact) mass is 552 g/mol. The Labute approximate surface area is 226 Å². The van der Waals surface area contributed by atoms with E-state index in [-0.39, 0.29) is 29.8 Å². The fraction of sp³-hybridized carbons (Fsp3) is 0.346. The Morgan fingerprint density at radius 1 is 1.29 bits per heavy atom. The van der Waals surface area contributed by atoms with E-state index in [4.69, 9.17) is 16.3 Å². The first-order chi connectivity index (χ1) is 18.3. The highest BCUT2D eigenvalue weighted by atomic mass is 35.5. The molecule has 2 aromatic heterocycles. The van der Waals surface area contributed by atoms with Gasteiger partial charge in [-0.25, -0.2) is 19.1 Å². The normalized spacial score (nSPS) is 21.1. The third-order valence-electron chi connectivity index (χ3n) is 7.02. The number of aryl methyl sites for hydroxylation is 1. The van der Waals surface area contributed by atoms with Crippen molar-refractivity contribution in [2.75, 3.05) is 18.6 Å². The van der Waals surface area contributed by atoms with Crippen molar-refractivity contribution in [3.8, 4) is 11.8 Å². The molecule has 2 aliphatic heterocycles. The van der Waals surface area contributed by atoms with Gasteiger partial charge in [0.1, 0.15) is 16.6 Å². The SMILES string of the molecule is COc1cc(C2=CC3C(S2)C(=O)N(c2cncc4nc(C)n(C5CC5)c24)C(=O)N3CCC#N)c(Cl)cc1F. The molecule has 1 aliphatic carbocycles. The molecule has 0 bridgehead atoms. The molecule has 194 valence electrons. The zero-order valence-electron chi connectivity index (χ0n) is 20.5. The number of ether oxygens (including phenoxy) is 1. The molecule has 2 unspecified atom stereocenters. The minimum absolute atomic E-state index is 0.0209. The highest BCUT2D eigenvalue weighted by Crippen LogP contribution is 2.48. The van der Waals surface area contributed by atoms with Gasteiger partial charge in [0.25, 0.3) is 5.91 Å². The van der Waals surface area contributed by atoms with Gasteiger partial charge in [-0.2, -0.15) is 5.26 Å². The number of hydrogen-bond donors (Lipinski definition) is 0. The predicted molar refractivity (Wildman–Crippen MR) is 141 cm³/mol. The van der Waals surface area contributed by atoms with E-state index < -0.39 is 29.0 Å². The predicted octanol–water partition coefficient (Wildman–Crippen LogP) is 5.08. The second-order valence-electron chi connectivity index (χ2n) is 9.37. The van der Waals surface area contributed by atoms with E-state index >= 15 is 0 Å². The van der Waals surface area contributed by atoms with E-state index in [1.165, 1.54) is 47.0 Å². The van der Waals surface area contributed by atoms with Crippen LogP contribution in [0.4, 0.5) is 14.9 Å². The number of rotatable bonds is 6. The number of pyridine rings is 1. The average molecular weight is 553 g/mol. The topological polar surface area (TPSA) is 104 Å². The summed E-state index contributed by atoms with van der Waals surface area (Å²) in [4.78, 5) is 40.2. The van der Waals surface area contributed by atoms with Crippen LogP contribution >= 0.6 is 23.4 Å². The molecule has 12 heteroatoms. The standard InChI is InChI=1S/C26H22ClFN6O3S/c1-13-31-18-11-30-12-20(23(18)33(13)14-4-5-14)34-25(35)24-19(32(26(34)36)7-3-6-29)10-22(38-24)15-8-21(37-2)17(28)9-16(15)27/h8-12,14,19,24H,3-5,7H2,1-2H3. The van der Waals surface area contributed by atoms with E-state index in [9.17, 15) is 19.2 Å². The molecule has 3 amide bonds. The molecule has 2 atom stereocenters. The molecule has 2 fully saturated rings. The fourth-order valence-electron chi connectivity index (χ4n) is 5.17. The molecule has 1 saturated carbocycles. The van der Waals surface area contributed by atoms with Crippen LogP contribution in [0.3, 0.4) is 0 Å². The van der Waals surface area contributed by atoms with Crippen LogP contribution in [-0.2, 0) is 4.79 Å². The molecule has 4 heterocycles. The van der Waals surface area contributed by atoms with Gasteiger partial charge in [-0.3, -0.25) is 9.78 Å². The van der Waals surface area contributed by atoms with E-state index in [1.807, 2.05) is 6.92 Å². The van der Waals surface area contributed by atoms with Crippen molar-refractivity contribution < 1.29 is 18.7 Å². The molecule has 1 aromatic carbocycles. The van der Waals surface area contributed by atoms with Crippen LogP contribution in [0.15, 0.2) is 30.6 Å². The van der Waals surface area contributed by atoms with Crippen molar-refractivity contribution in [1.29, 1.82) is 5.26 Å². The number of benzene rings is 1. The van der Waals surface area contributed by atoms with Gasteiger partial charge in [0, 0.05) is 23.1 Å². The molecular formula is C26H22ClFN6O3S. The maximum atomic E-state index is 14.2. The number of halogens is 2. The van der Waals surface area contributed by atoms with Crippen molar-refractivity contribution >= 4 is 56.9 Å². The Bertz CT molecular complexity index is 1580. The third-order valence-corrected chi connectivity index (χ3v) is 8.68. The first-order valence-electron chi connectivity index (χ1n) is 12.1. The van der Waals surface area contributed by atoms with Crippen LogP contribution in [0.5, 0.6) is 5.75 Å². The molecule has 0 radical (unpaired) electrons. The molecule has 6 rings (SSSR count). The average Bonchev–Trinajstić information content (AvgIpc) is 3.52. The number of aromatic nitrogens is 3. The number of imidazole rings is 1. The zero-order valence-corrected chi connectivity index (χ0v) is 22.1. The minimum atomic E-state index is -0.692. The number of urea groups is 1. The van der Waals surface area contributed by atoms with Crippen molar-refractivity contribution in [3.63, 3.8) is 0 Å². The fourth-order valence-corrected chi connectivity index (χ4v) is 6.84. The summed E-state index contributed by atoms with van der Waals surface area (Å²) in [6.45, 7) is 2.04. The van der Waals surface area contributed by atoms with Gasteiger partial charge in [0.05, 0.1) is 54.3 Å². The second kappa shape index (κ2) is 9.29. The summed E-state index contributed by atoms with van der Waals surface area (Å²) < 4.78 is 21.4. The number of carbonyl (C=O) groups is 2. The number of nitriles is 1. The van der Waals surface area contributed by atoms with Crippen LogP contribution < -0.4 is 9.64 Å². The molecular weight excluding hydrogens is 531 g/mol. The van der Waals surface area contributed by atoms with Gasteiger partial charge >= 0.3 is 6.03 Å². The molecule has 1 saturated heterocycles. The van der Waals surface area contributed by atoms with Gasteiger partial charge in [-0.1, -0.05) is 11.6 Å². The maximum absolute atomic E-state index is 14.2. The van der Waals surface area contributed by atoms with Crippen molar-refractivity contribution in [2.24, 2.45) is 0 Å².